The van der Waals surface area contributed by atoms with E-state index in [-0.39, 0.29) is 0 Å². The van der Waals surface area contributed by atoms with Crippen LogP contribution in [0.3, 0.4) is 0 Å². The molecular formula is C29H52. The summed E-state index contributed by atoms with van der Waals surface area (Å²) in [5.74, 6) is 7.99. The minimum atomic E-state index is 0.669. The smallest absolute Gasteiger partial charge is 0.0264 e. The molecule has 0 nitrogen and oxygen atoms in total. The number of fused-ring (bicyclic) bond motifs is 5. The standard InChI is InChI=1S/C29H52/c1-20(2)21(3)10-9-11-22(4)25-15-16-26-24-14-13-23-12-7-8-18-28(23,5)27(24)17-19-29(25,26)6/h20-27H,7-19H2,1-6H3/t21?,22?,23?,24-,25+,26-,27-,28-,29+/m0/s1. The lowest BCUT2D eigenvalue weighted by atomic mass is 9.44. The summed E-state index contributed by atoms with van der Waals surface area (Å²) in [6.07, 6.45) is 19.9. The average molecular weight is 401 g/mol. The second-order valence-electron chi connectivity index (χ2n) is 13.3. The van der Waals surface area contributed by atoms with Crippen LogP contribution >= 0.6 is 0 Å². The summed E-state index contributed by atoms with van der Waals surface area (Å²) in [5, 5.41) is 0. The van der Waals surface area contributed by atoms with E-state index < -0.39 is 0 Å². The summed E-state index contributed by atoms with van der Waals surface area (Å²) in [4.78, 5) is 0. The first-order valence-corrected chi connectivity index (χ1v) is 13.8. The lowest BCUT2D eigenvalue weighted by Crippen LogP contribution is -2.53. The van der Waals surface area contributed by atoms with E-state index in [4.69, 9.17) is 0 Å². The van der Waals surface area contributed by atoms with Gasteiger partial charge >= 0.3 is 0 Å². The van der Waals surface area contributed by atoms with Crippen LogP contribution in [0.15, 0.2) is 0 Å². The van der Waals surface area contributed by atoms with Gasteiger partial charge in [-0.15, -0.1) is 0 Å². The van der Waals surface area contributed by atoms with E-state index >= 15 is 0 Å². The van der Waals surface area contributed by atoms with E-state index in [9.17, 15) is 0 Å². The van der Waals surface area contributed by atoms with Crippen molar-refractivity contribution in [2.24, 2.45) is 58.2 Å². The summed E-state index contributed by atoms with van der Waals surface area (Å²) in [7, 11) is 0. The Kier molecular flexibility index (Phi) is 6.51. The van der Waals surface area contributed by atoms with Gasteiger partial charge in [0.1, 0.15) is 0 Å². The zero-order valence-corrected chi connectivity index (χ0v) is 20.8. The highest BCUT2D eigenvalue weighted by Crippen LogP contribution is 2.68. The summed E-state index contributed by atoms with van der Waals surface area (Å²) in [6.45, 7) is 15.4. The van der Waals surface area contributed by atoms with E-state index in [2.05, 4.69) is 41.5 Å². The molecule has 4 rings (SSSR count). The Bertz CT molecular complexity index is 548. The molecule has 0 aromatic carbocycles. The maximum absolute atomic E-state index is 2.76. The van der Waals surface area contributed by atoms with Gasteiger partial charge in [-0.25, -0.2) is 0 Å². The number of hydrogen-bond donors (Lipinski definition) is 0. The minimum absolute atomic E-state index is 0.669. The average Bonchev–Trinajstić information content (AvgIpc) is 3.04. The first-order chi connectivity index (χ1) is 13.8. The summed E-state index contributed by atoms with van der Waals surface area (Å²) < 4.78 is 0. The summed E-state index contributed by atoms with van der Waals surface area (Å²) in [5.41, 5.74) is 1.38. The molecule has 0 radical (unpaired) electrons. The van der Waals surface area contributed by atoms with Crippen LogP contribution in [0.2, 0.25) is 0 Å². The number of hydrogen-bond acceptors (Lipinski definition) is 0. The fourth-order valence-electron chi connectivity index (χ4n) is 9.57. The quantitative estimate of drug-likeness (QED) is 0.417. The molecule has 4 aliphatic carbocycles. The van der Waals surface area contributed by atoms with Crippen molar-refractivity contribution >= 4 is 0 Å². The van der Waals surface area contributed by atoms with Gasteiger partial charge in [0, 0.05) is 0 Å². The third-order valence-electron chi connectivity index (χ3n) is 11.8. The molecule has 0 N–H and O–H groups in total. The molecule has 0 bridgehead atoms. The first kappa shape index (κ1) is 22.2. The first-order valence-electron chi connectivity index (χ1n) is 13.8. The fraction of sp³-hybridized carbons (Fsp3) is 1.00. The largest absolute Gasteiger partial charge is 0.0625 e. The Balaban J connectivity index is 1.41. The molecule has 4 saturated carbocycles. The Morgan fingerprint density at radius 3 is 2.24 bits per heavy atom. The van der Waals surface area contributed by atoms with Crippen LogP contribution in [0.5, 0.6) is 0 Å². The van der Waals surface area contributed by atoms with E-state index in [0.717, 1.165) is 47.3 Å². The van der Waals surface area contributed by atoms with Crippen LogP contribution in [0.25, 0.3) is 0 Å². The van der Waals surface area contributed by atoms with E-state index in [1.165, 1.54) is 32.1 Å². The van der Waals surface area contributed by atoms with Gasteiger partial charge in [0.05, 0.1) is 0 Å². The second-order valence-corrected chi connectivity index (χ2v) is 13.3. The molecule has 0 saturated heterocycles. The predicted molar refractivity (Wildman–Crippen MR) is 127 cm³/mol. The van der Waals surface area contributed by atoms with Gasteiger partial charge in [0.15, 0.2) is 0 Å². The van der Waals surface area contributed by atoms with Gasteiger partial charge in [-0.3, -0.25) is 0 Å². The summed E-state index contributed by atoms with van der Waals surface area (Å²) >= 11 is 0. The maximum Gasteiger partial charge on any atom is -0.0264 e. The van der Waals surface area contributed by atoms with Gasteiger partial charge in [-0.2, -0.15) is 0 Å². The molecule has 0 aromatic rings. The van der Waals surface area contributed by atoms with Crippen molar-refractivity contribution in [3.8, 4) is 0 Å². The van der Waals surface area contributed by atoms with Gasteiger partial charge < -0.3 is 0 Å². The highest BCUT2D eigenvalue weighted by Gasteiger charge is 2.59. The fourth-order valence-corrected chi connectivity index (χ4v) is 9.57. The topological polar surface area (TPSA) is 0 Å². The Morgan fingerprint density at radius 1 is 0.724 bits per heavy atom. The lowest BCUT2D eigenvalue weighted by molar-refractivity contribution is -0.114. The molecule has 0 heteroatoms. The maximum atomic E-state index is 2.76. The molecule has 0 aliphatic heterocycles. The molecular weight excluding hydrogens is 348 g/mol. The van der Waals surface area contributed by atoms with Crippen LogP contribution in [0.4, 0.5) is 0 Å². The van der Waals surface area contributed by atoms with Crippen molar-refractivity contribution in [1.29, 1.82) is 0 Å². The third-order valence-corrected chi connectivity index (χ3v) is 11.8. The Hall–Kier alpha value is 0. The molecule has 0 amide bonds. The highest BCUT2D eigenvalue weighted by molar-refractivity contribution is 5.09. The number of rotatable bonds is 6. The Morgan fingerprint density at radius 2 is 1.48 bits per heavy atom. The van der Waals surface area contributed by atoms with Gasteiger partial charge in [-0.1, -0.05) is 73.6 Å². The molecule has 29 heavy (non-hydrogen) atoms. The van der Waals surface area contributed by atoms with E-state index in [0.29, 0.717) is 10.8 Å². The van der Waals surface area contributed by atoms with E-state index in [1.54, 1.807) is 51.4 Å². The van der Waals surface area contributed by atoms with Gasteiger partial charge in [-0.05, 0) is 110 Å². The highest BCUT2D eigenvalue weighted by atomic mass is 14.6. The van der Waals surface area contributed by atoms with Gasteiger partial charge in [0.25, 0.3) is 0 Å². The molecule has 168 valence electrons. The zero-order chi connectivity index (χ0) is 20.8. The minimum Gasteiger partial charge on any atom is -0.0625 e. The van der Waals surface area contributed by atoms with Crippen LogP contribution in [-0.4, -0.2) is 0 Å². The van der Waals surface area contributed by atoms with Crippen molar-refractivity contribution in [3.63, 3.8) is 0 Å². The normalized spacial score (nSPS) is 46.7. The lowest BCUT2D eigenvalue weighted by Gasteiger charge is -2.61. The summed E-state index contributed by atoms with van der Waals surface area (Å²) in [6, 6.07) is 0. The van der Waals surface area contributed by atoms with Crippen LogP contribution in [0.1, 0.15) is 125 Å². The molecule has 4 fully saturated rings. The van der Waals surface area contributed by atoms with Crippen LogP contribution < -0.4 is 0 Å². The third kappa shape index (κ3) is 3.86. The van der Waals surface area contributed by atoms with Crippen molar-refractivity contribution in [2.75, 3.05) is 0 Å². The predicted octanol–water partition coefficient (Wildman–Crippen LogP) is 9.13. The van der Waals surface area contributed by atoms with E-state index in [1.807, 2.05) is 0 Å². The Labute approximate surface area is 183 Å². The SMILES string of the molecule is CC(C)C(C)CCCC(C)[C@H]1CC[C@H]2[C@@H]3CCC4CCCC[C@]4(C)[C@H]3CC[C@]12C. The van der Waals surface area contributed by atoms with Crippen molar-refractivity contribution in [1.82, 2.24) is 0 Å². The molecule has 3 unspecified atom stereocenters. The molecule has 4 aliphatic rings. The van der Waals surface area contributed by atoms with Crippen molar-refractivity contribution < 1.29 is 0 Å². The molecule has 0 spiro atoms. The monoisotopic (exact) mass is 400 g/mol. The van der Waals surface area contributed by atoms with Gasteiger partial charge in [0.2, 0.25) is 0 Å². The van der Waals surface area contributed by atoms with Crippen molar-refractivity contribution in [2.45, 2.75) is 125 Å². The van der Waals surface area contributed by atoms with Crippen LogP contribution in [-0.2, 0) is 0 Å². The van der Waals surface area contributed by atoms with Crippen LogP contribution in [0, 0.1) is 58.2 Å². The molecule has 0 aromatic heterocycles. The zero-order valence-electron chi connectivity index (χ0n) is 20.8. The van der Waals surface area contributed by atoms with Crippen molar-refractivity contribution in [3.05, 3.63) is 0 Å². The molecule has 0 heterocycles. The molecule has 9 atom stereocenters. The second kappa shape index (κ2) is 8.50.